The van der Waals surface area contributed by atoms with Gasteiger partial charge in [-0.05, 0) is 66.1 Å². The molecule has 5 nitrogen and oxygen atoms in total. The number of ether oxygens (including phenoxy) is 2. The number of nitrogens with one attached hydrogen (secondary N) is 1. The first-order chi connectivity index (χ1) is 10.0. The smallest absolute Gasteiger partial charge is 0.326 e. The van der Waals surface area contributed by atoms with Crippen molar-refractivity contribution in [2.45, 2.75) is 45.1 Å². The van der Waals surface area contributed by atoms with Crippen LogP contribution in [0.4, 0.5) is 0 Å². The van der Waals surface area contributed by atoms with Gasteiger partial charge in [-0.1, -0.05) is 0 Å². The molecule has 1 rings (SSSR count). The highest BCUT2D eigenvalue weighted by Crippen LogP contribution is 2.17. The average molecular weight is 300 g/mol. The highest BCUT2D eigenvalue weighted by molar-refractivity contribution is 5.80. The molecule has 1 aliphatic heterocycles. The van der Waals surface area contributed by atoms with Crippen molar-refractivity contribution in [3.05, 3.63) is 0 Å². The molecule has 0 aromatic rings. The average Bonchev–Trinajstić information content (AvgIpc) is 2.48. The first-order valence-corrected chi connectivity index (χ1v) is 8.14. The third-order valence-corrected chi connectivity index (χ3v) is 4.32. The fourth-order valence-corrected chi connectivity index (χ4v) is 2.81. The number of carbonyl (C=O) groups is 1. The Labute approximate surface area is 129 Å². The molecule has 0 bridgehead atoms. The van der Waals surface area contributed by atoms with Crippen molar-refractivity contribution in [2.75, 3.05) is 47.0 Å². The van der Waals surface area contributed by atoms with E-state index in [9.17, 15) is 4.79 Å². The molecule has 124 valence electrons. The summed E-state index contributed by atoms with van der Waals surface area (Å²) in [6.45, 7) is 8.07. The van der Waals surface area contributed by atoms with Gasteiger partial charge in [-0.15, -0.1) is 0 Å². The summed E-state index contributed by atoms with van der Waals surface area (Å²) in [6, 6.07) is 0. The van der Waals surface area contributed by atoms with Crippen LogP contribution in [0.5, 0.6) is 0 Å². The predicted octanol–water partition coefficient (Wildman–Crippen LogP) is 1.67. The monoisotopic (exact) mass is 300 g/mol. The Morgan fingerprint density at radius 2 is 2.29 bits per heavy atom. The molecular formula is C16H32N2O3. The maximum Gasteiger partial charge on any atom is 0.326 e. The maximum atomic E-state index is 12.0. The maximum absolute atomic E-state index is 12.0. The quantitative estimate of drug-likeness (QED) is 0.656. The lowest BCUT2D eigenvalue weighted by atomic mass is 9.95. The van der Waals surface area contributed by atoms with Crippen LogP contribution in [0.1, 0.15) is 39.5 Å². The Kier molecular flexibility index (Phi) is 8.22. The normalized spacial score (nSPS) is 22.0. The number of likely N-dealkylation sites (N-methyl/N-ethyl adjacent to an activating group) is 1. The van der Waals surface area contributed by atoms with Crippen LogP contribution in [0.15, 0.2) is 0 Å². The molecule has 2 atom stereocenters. The third-order valence-electron chi connectivity index (χ3n) is 4.32. The van der Waals surface area contributed by atoms with Crippen LogP contribution in [0, 0.1) is 5.92 Å². The summed E-state index contributed by atoms with van der Waals surface area (Å²) in [5, 5.41) is 3.11. The summed E-state index contributed by atoms with van der Waals surface area (Å²) in [5.41, 5.74) is -0.579. The van der Waals surface area contributed by atoms with Gasteiger partial charge < -0.3 is 19.7 Å². The molecule has 0 radical (unpaired) electrons. The minimum Gasteiger partial charge on any atom is -0.465 e. The van der Waals surface area contributed by atoms with Gasteiger partial charge >= 0.3 is 5.97 Å². The summed E-state index contributed by atoms with van der Waals surface area (Å²) in [6.07, 6.45) is 4.20. The first kappa shape index (κ1) is 18.4. The molecular weight excluding hydrogens is 268 g/mol. The molecule has 0 spiro atoms. The van der Waals surface area contributed by atoms with Gasteiger partial charge in [0.05, 0.1) is 13.2 Å². The Morgan fingerprint density at radius 1 is 1.52 bits per heavy atom. The van der Waals surface area contributed by atoms with Gasteiger partial charge in [-0.25, -0.2) is 0 Å². The van der Waals surface area contributed by atoms with E-state index < -0.39 is 5.54 Å². The molecule has 1 N–H and O–H groups in total. The summed E-state index contributed by atoms with van der Waals surface area (Å²) in [5.74, 6) is 0.500. The molecule has 1 heterocycles. The van der Waals surface area contributed by atoms with Crippen molar-refractivity contribution in [1.82, 2.24) is 10.2 Å². The summed E-state index contributed by atoms with van der Waals surface area (Å²) < 4.78 is 10.7. The highest BCUT2D eigenvalue weighted by Gasteiger charge is 2.32. The Hall–Kier alpha value is -0.650. The van der Waals surface area contributed by atoms with Gasteiger partial charge in [0.25, 0.3) is 0 Å². The van der Waals surface area contributed by atoms with Crippen LogP contribution in [-0.4, -0.2) is 63.4 Å². The van der Waals surface area contributed by atoms with Crippen LogP contribution < -0.4 is 5.32 Å². The van der Waals surface area contributed by atoms with Gasteiger partial charge in [0, 0.05) is 13.2 Å². The number of hydrogen-bond acceptors (Lipinski definition) is 5. The Balaban J connectivity index is 2.27. The van der Waals surface area contributed by atoms with E-state index in [1.807, 2.05) is 20.9 Å². The lowest BCUT2D eigenvalue weighted by Gasteiger charge is -2.29. The first-order valence-electron chi connectivity index (χ1n) is 8.14. The molecule has 0 amide bonds. The largest absolute Gasteiger partial charge is 0.465 e. The summed E-state index contributed by atoms with van der Waals surface area (Å²) in [4.78, 5) is 14.3. The van der Waals surface area contributed by atoms with E-state index in [0.29, 0.717) is 12.5 Å². The standard InChI is InChI=1S/C16H32N2O3/c1-5-21-15(19)16(2,17-3)9-7-10-18(4)12-14-8-6-11-20-13-14/h14,17H,5-13H2,1-4H3. The van der Waals surface area contributed by atoms with Crippen LogP contribution in [0.3, 0.4) is 0 Å². The van der Waals surface area contributed by atoms with Crippen molar-refractivity contribution < 1.29 is 14.3 Å². The number of hydrogen-bond donors (Lipinski definition) is 1. The van der Waals surface area contributed by atoms with E-state index in [1.165, 1.54) is 12.8 Å². The third kappa shape index (κ3) is 6.32. The topological polar surface area (TPSA) is 50.8 Å². The number of esters is 1. The van der Waals surface area contributed by atoms with E-state index in [2.05, 4.69) is 17.3 Å². The second-order valence-electron chi connectivity index (χ2n) is 6.25. The second kappa shape index (κ2) is 9.38. The zero-order valence-corrected chi connectivity index (χ0v) is 14.1. The van der Waals surface area contributed by atoms with Gasteiger partial charge in [0.2, 0.25) is 0 Å². The molecule has 21 heavy (non-hydrogen) atoms. The van der Waals surface area contributed by atoms with Crippen LogP contribution in [0.25, 0.3) is 0 Å². The van der Waals surface area contributed by atoms with Gasteiger partial charge in [-0.2, -0.15) is 0 Å². The van der Waals surface area contributed by atoms with Crippen LogP contribution >= 0.6 is 0 Å². The van der Waals surface area contributed by atoms with Crippen molar-refractivity contribution in [3.63, 3.8) is 0 Å². The van der Waals surface area contributed by atoms with E-state index in [4.69, 9.17) is 9.47 Å². The molecule has 2 unspecified atom stereocenters. The molecule has 0 aromatic heterocycles. The molecule has 0 aliphatic carbocycles. The zero-order chi connectivity index (χ0) is 15.7. The number of rotatable bonds is 9. The van der Waals surface area contributed by atoms with E-state index in [0.717, 1.165) is 39.1 Å². The minimum atomic E-state index is -0.579. The van der Waals surface area contributed by atoms with Gasteiger partial charge in [0.1, 0.15) is 5.54 Å². The van der Waals surface area contributed by atoms with Crippen LogP contribution in [-0.2, 0) is 14.3 Å². The van der Waals surface area contributed by atoms with Crippen molar-refractivity contribution >= 4 is 5.97 Å². The summed E-state index contributed by atoms with van der Waals surface area (Å²) >= 11 is 0. The molecule has 0 saturated carbocycles. The molecule has 1 fully saturated rings. The lowest BCUT2D eigenvalue weighted by molar-refractivity contribution is -0.150. The number of carbonyl (C=O) groups excluding carboxylic acids is 1. The van der Waals surface area contributed by atoms with Crippen LogP contribution in [0.2, 0.25) is 0 Å². The van der Waals surface area contributed by atoms with E-state index in [-0.39, 0.29) is 5.97 Å². The number of nitrogens with zero attached hydrogens (tertiary/aromatic N) is 1. The predicted molar refractivity (Wildman–Crippen MR) is 84.4 cm³/mol. The SMILES string of the molecule is CCOC(=O)C(C)(CCCN(C)CC1CCCOC1)NC. The summed E-state index contributed by atoms with van der Waals surface area (Å²) in [7, 11) is 3.97. The highest BCUT2D eigenvalue weighted by atomic mass is 16.5. The Bertz CT molecular complexity index is 306. The van der Waals surface area contributed by atoms with Gasteiger partial charge in [-0.3, -0.25) is 4.79 Å². The molecule has 5 heteroatoms. The van der Waals surface area contributed by atoms with Crippen molar-refractivity contribution in [3.8, 4) is 0 Å². The molecule has 1 aliphatic rings. The molecule has 1 saturated heterocycles. The fourth-order valence-electron chi connectivity index (χ4n) is 2.81. The Morgan fingerprint density at radius 3 is 2.86 bits per heavy atom. The van der Waals surface area contributed by atoms with E-state index >= 15 is 0 Å². The van der Waals surface area contributed by atoms with Gasteiger partial charge in [0.15, 0.2) is 0 Å². The fraction of sp³-hybridized carbons (Fsp3) is 0.938. The zero-order valence-electron chi connectivity index (χ0n) is 14.1. The van der Waals surface area contributed by atoms with Crippen molar-refractivity contribution in [2.24, 2.45) is 5.92 Å². The second-order valence-corrected chi connectivity index (χ2v) is 6.25. The van der Waals surface area contributed by atoms with Crippen molar-refractivity contribution in [1.29, 1.82) is 0 Å². The van der Waals surface area contributed by atoms with E-state index in [1.54, 1.807) is 0 Å². The molecule has 0 aromatic carbocycles. The lowest BCUT2D eigenvalue weighted by Crippen LogP contribution is -2.49. The minimum absolute atomic E-state index is 0.157.